The van der Waals surface area contributed by atoms with E-state index in [0.717, 1.165) is 0 Å². The lowest BCUT2D eigenvalue weighted by Crippen LogP contribution is -2.45. The molecule has 0 aromatic rings. The van der Waals surface area contributed by atoms with Gasteiger partial charge in [0.15, 0.2) is 0 Å². The van der Waals surface area contributed by atoms with E-state index in [9.17, 15) is 0 Å². The lowest BCUT2D eigenvalue weighted by Gasteiger charge is -2.33. The minimum absolute atomic E-state index is 1.37. The van der Waals surface area contributed by atoms with Crippen LogP contribution in [0.3, 0.4) is 0 Å². The molecule has 0 spiro atoms. The third-order valence-electron chi connectivity index (χ3n) is 7.44. The zero-order valence-corrected chi connectivity index (χ0v) is 18.5. The van der Waals surface area contributed by atoms with E-state index in [1.165, 1.54) is 151 Å². The molecule has 0 amide bonds. The van der Waals surface area contributed by atoms with Crippen molar-refractivity contribution in [3.05, 3.63) is 0 Å². The average molecular weight is 367 g/mol. The quantitative estimate of drug-likeness (QED) is 0.304. The van der Waals surface area contributed by atoms with Crippen LogP contribution in [-0.4, -0.2) is 62.3 Å². The van der Waals surface area contributed by atoms with Crippen LogP contribution in [0.25, 0.3) is 0 Å². The minimum atomic E-state index is 1.37. The number of likely N-dealkylation sites (tertiary alicyclic amines) is 2. The molecule has 26 heavy (non-hydrogen) atoms. The Morgan fingerprint density at radius 3 is 0.962 bits per heavy atom. The zero-order valence-electron chi connectivity index (χ0n) is 18.5. The van der Waals surface area contributed by atoms with Crippen molar-refractivity contribution in [1.29, 1.82) is 0 Å². The SMILES string of the molecule is C[N+]1(CCCCCCCCCC[N+]2(C)CCCCCC2)CCCCCC1. The second-order valence-corrected chi connectivity index (χ2v) is 10.2. The molecule has 0 aromatic carbocycles. The van der Waals surface area contributed by atoms with E-state index in [0.29, 0.717) is 0 Å². The number of unbranched alkanes of at least 4 members (excludes halogenated alkanes) is 7. The molecule has 2 heteroatoms. The largest absolute Gasteiger partial charge is 0.326 e. The number of nitrogens with zero attached hydrogens (tertiary/aromatic N) is 2. The van der Waals surface area contributed by atoms with Gasteiger partial charge in [0.1, 0.15) is 0 Å². The first-order valence-corrected chi connectivity index (χ1v) is 12.3. The smallest absolute Gasteiger partial charge is 0.0784 e. The van der Waals surface area contributed by atoms with Crippen molar-refractivity contribution in [3.63, 3.8) is 0 Å². The Labute approximate surface area is 165 Å². The Morgan fingerprint density at radius 1 is 0.385 bits per heavy atom. The molecular formula is C24H50N2+2. The molecule has 2 heterocycles. The van der Waals surface area contributed by atoms with E-state index in [4.69, 9.17) is 0 Å². The number of hydrogen-bond donors (Lipinski definition) is 0. The Kier molecular flexibility index (Phi) is 10.6. The monoisotopic (exact) mass is 366 g/mol. The third kappa shape index (κ3) is 9.22. The molecule has 0 radical (unpaired) electrons. The fraction of sp³-hybridized carbons (Fsp3) is 1.00. The fourth-order valence-corrected chi connectivity index (χ4v) is 5.40. The van der Waals surface area contributed by atoms with E-state index in [1.54, 1.807) is 0 Å². The highest BCUT2D eigenvalue weighted by atomic mass is 15.3. The molecular weight excluding hydrogens is 316 g/mol. The molecule has 0 aliphatic carbocycles. The Bertz CT molecular complexity index is 302. The van der Waals surface area contributed by atoms with Gasteiger partial charge in [-0.15, -0.1) is 0 Å². The molecule has 0 bridgehead atoms. The van der Waals surface area contributed by atoms with Crippen LogP contribution < -0.4 is 0 Å². The lowest BCUT2D eigenvalue weighted by atomic mass is 10.1. The Hall–Kier alpha value is -0.0800. The molecule has 0 atom stereocenters. The molecule has 0 saturated carbocycles. The first-order valence-electron chi connectivity index (χ1n) is 12.3. The van der Waals surface area contributed by atoms with Gasteiger partial charge < -0.3 is 8.97 Å². The summed E-state index contributed by atoms with van der Waals surface area (Å²) in [6.07, 6.45) is 23.6. The number of hydrogen-bond acceptors (Lipinski definition) is 0. The molecule has 2 aliphatic heterocycles. The van der Waals surface area contributed by atoms with E-state index >= 15 is 0 Å². The molecule has 2 aliphatic rings. The summed E-state index contributed by atoms with van der Waals surface area (Å²) in [6.45, 7) is 8.65. The highest BCUT2D eigenvalue weighted by Crippen LogP contribution is 2.19. The van der Waals surface area contributed by atoms with Crippen LogP contribution in [0.4, 0.5) is 0 Å². The normalized spacial score (nSPS) is 23.3. The number of quaternary nitrogens is 2. The molecule has 0 N–H and O–H groups in total. The second kappa shape index (κ2) is 12.4. The van der Waals surface area contributed by atoms with Gasteiger partial charge >= 0.3 is 0 Å². The Balaban J connectivity index is 1.40. The average Bonchev–Trinajstić information content (AvgIpc) is 2.97. The molecule has 0 unspecified atom stereocenters. The molecule has 2 rings (SSSR count). The molecule has 2 fully saturated rings. The van der Waals surface area contributed by atoms with E-state index in [-0.39, 0.29) is 0 Å². The van der Waals surface area contributed by atoms with Gasteiger partial charge in [0.25, 0.3) is 0 Å². The number of rotatable bonds is 11. The van der Waals surface area contributed by atoms with Gasteiger partial charge in [0, 0.05) is 0 Å². The standard InChI is InChI=1S/C24H50N2/c1-25(21-15-9-10-16-22-25)19-13-7-5-3-4-6-8-14-20-26(2)23-17-11-12-18-24-26/h3-24H2,1-2H3/q+2. The summed E-state index contributed by atoms with van der Waals surface area (Å²) < 4.78 is 2.74. The highest BCUT2D eigenvalue weighted by Gasteiger charge is 2.23. The predicted molar refractivity (Wildman–Crippen MR) is 115 cm³/mol. The van der Waals surface area contributed by atoms with E-state index < -0.39 is 0 Å². The summed E-state index contributed by atoms with van der Waals surface area (Å²) in [6, 6.07) is 0. The summed E-state index contributed by atoms with van der Waals surface area (Å²) in [5.41, 5.74) is 0. The second-order valence-electron chi connectivity index (χ2n) is 10.2. The summed E-state index contributed by atoms with van der Waals surface area (Å²) in [5, 5.41) is 0. The summed E-state index contributed by atoms with van der Waals surface area (Å²) >= 11 is 0. The minimum Gasteiger partial charge on any atom is -0.326 e. The predicted octanol–water partition coefficient (Wildman–Crippen LogP) is 6.15. The van der Waals surface area contributed by atoms with Crippen LogP contribution in [0.2, 0.25) is 0 Å². The molecule has 0 aromatic heterocycles. The maximum atomic E-state index is 2.51. The van der Waals surface area contributed by atoms with Crippen LogP contribution in [0.1, 0.15) is 103 Å². The van der Waals surface area contributed by atoms with Gasteiger partial charge in [0.2, 0.25) is 0 Å². The van der Waals surface area contributed by atoms with Gasteiger partial charge in [0.05, 0.1) is 53.4 Å². The van der Waals surface area contributed by atoms with Crippen LogP contribution >= 0.6 is 0 Å². The van der Waals surface area contributed by atoms with Crippen LogP contribution in [0, 0.1) is 0 Å². The van der Waals surface area contributed by atoms with Crippen molar-refractivity contribution in [2.75, 3.05) is 53.4 Å². The van der Waals surface area contributed by atoms with Gasteiger partial charge in [-0.25, -0.2) is 0 Å². The van der Waals surface area contributed by atoms with E-state index in [2.05, 4.69) is 14.1 Å². The van der Waals surface area contributed by atoms with Crippen molar-refractivity contribution in [1.82, 2.24) is 0 Å². The van der Waals surface area contributed by atoms with Crippen molar-refractivity contribution < 1.29 is 8.97 Å². The van der Waals surface area contributed by atoms with E-state index in [1.807, 2.05) is 0 Å². The first-order chi connectivity index (χ1) is 12.6. The van der Waals surface area contributed by atoms with Crippen LogP contribution in [0.15, 0.2) is 0 Å². The summed E-state index contributed by atoms with van der Waals surface area (Å²) in [5.74, 6) is 0. The van der Waals surface area contributed by atoms with Gasteiger partial charge in [-0.2, -0.15) is 0 Å². The van der Waals surface area contributed by atoms with Crippen molar-refractivity contribution in [3.8, 4) is 0 Å². The lowest BCUT2D eigenvalue weighted by molar-refractivity contribution is -0.909. The Morgan fingerprint density at radius 2 is 0.654 bits per heavy atom. The highest BCUT2D eigenvalue weighted by molar-refractivity contribution is 4.54. The van der Waals surface area contributed by atoms with Crippen molar-refractivity contribution >= 4 is 0 Å². The zero-order chi connectivity index (χ0) is 18.6. The maximum absolute atomic E-state index is 2.51. The van der Waals surface area contributed by atoms with Crippen LogP contribution in [0.5, 0.6) is 0 Å². The molecule has 154 valence electrons. The summed E-state index contributed by atoms with van der Waals surface area (Å²) in [4.78, 5) is 0. The van der Waals surface area contributed by atoms with Gasteiger partial charge in [-0.3, -0.25) is 0 Å². The van der Waals surface area contributed by atoms with Gasteiger partial charge in [-0.05, 0) is 77.0 Å². The molecule has 2 saturated heterocycles. The first kappa shape index (κ1) is 22.2. The maximum Gasteiger partial charge on any atom is 0.0784 e. The summed E-state index contributed by atoms with van der Waals surface area (Å²) in [7, 11) is 5.03. The van der Waals surface area contributed by atoms with Crippen molar-refractivity contribution in [2.24, 2.45) is 0 Å². The van der Waals surface area contributed by atoms with Crippen molar-refractivity contribution in [2.45, 2.75) is 103 Å². The van der Waals surface area contributed by atoms with Crippen LogP contribution in [-0.2, 0) is 0 Å². The molecule has 2 nitrogen and oxygen atoms in total. The fourth-order valence-electron chi connectivity index (χ4n) is 5.40. The third-order valence-corrected chi connectivity index (χ3v) is 7.44. The van der Waals surface area contributed by atoms with Gasteiger partial charge in [-0.1, -0.05) is 25.7 Å². The topological polar surface area (TPSA) is 0 Å².